The summed E-state index contributed by atoms with van der Waals surface area (Å²) in [4.78, 5) is 40.5. The molecule has 3 heterocycles. The first-order valence-electron chi connectivity index (χ1n) is 9.04. The minimum atomic E-state index is -0.742. The molecule has 2 aromatic rings. The van der Waals surface area contributed by atoms with E-state index in [1.165, 1.54) is 11.8 Å². The van der Waals surface area contributed by atoms with Crippen LogP contribution >= 0.6 is 15.9 Å². The normalized spacial score (nSPS) is 27.6. The van der Waals surface area contributed by atoms with Gasteiger partial charge in [-0.25, -0.2) is 4.90 Å². The van der Waals surface area contributed by atoms with E-state index >= 15 is 0 Å². The van der Waals surface area contributed by atoms with Gasteiger partial charge in [-0.3, -0.25) is 19.4 Å². The molecule has 7 heteroatoms. The van der Waals surface area contributed by atoms with Crippen molar-refractivity contribution in [1.29, 1.82) is 0 Å². The zero-order valence-corrected chi connectivity index (χ0v) is 16.5. The Bertz CT molecular complexity index is 1070. The Morgan fingerprint density at radius 1 is 1.04 bits per heavy atom. The predicted molar refractivity (Wildman–Crippen MR) is 107 cm³/mol. The maximum Gasteiger partial charge on any atom is 0.240 e. The average Bonchev–Trinajstić information content (AvgIpc) is 3.15. The van der Waals surface area contributed by atoms with Crippen molar-refractivity contribution in [1.82, 2.24) is 5.01 Å². The van der Waals surface area contributed by atoms with Gasteiger partial charge in [0.2, 0.25) is 11.8 Å². The van der Waals surface area contributed by atoms with Crippen molar-refractivity contribution in [3.8, 4) is 0 Å². The average molecular weight is 438 g/mol. The first-order valence-corrected chi connectivity index (χ1v) is 9.83. The van der Waals surface area contributed by atoms with Gasteiger partial charge in [0, 0.05) is 4.47 Å². The Balaban J connectivity index is 1.66. The Morgan fingerprint density at radius 3 is 2.54 bits per heavy atom. The van der Waals surface area contributed by atoms with E-state index in [-0.39, 0.29) is 17.6 Å². The van der Waals surface area contributed by atoms with E-state index in [1.54, 1.807) is 29.4 Å². The lowest BCUT2D eigenvalue weighted by atomic mass is 9.84. The van der Waals surface area contributed by atoms with Gasteiger partial charge < -0.3 is 0 Å². The maximum atomic E-state index is 13.4. The highest BCUT2D eigenvalue weighted by atomic mass is 79.9. The Kier molecular flexibility index (Phi) is 3.77. The lowest BCUT2D eigenvalue weighted by molar-refractivity contribution is -0.129. The molecule has 4 atom stereocenters. The smallest absolute Gasteiger partial charge is 0.240 e. The zero-order chi connectivity index (χ0) is 19.6. The molecule has 4 unspecified atom stereocenters. The van der Waals surface area contributed by atoms with E-state index in [0.717, 1.165) is 15.6 Å². The fraction of sp³-hybridized carbons (Fsp3) is 0.238. The minimum Gasteiger partial charge on any atom is -0.298 e. The van der Waals surface area contributed by atoms with Crippen molar-refractivity contribution in [2.24, 2.45) is 16.9 Å². The Hall–Kier alpha value is -2.80. The summed E-state index contributed by atoms with van der Waals surface area (Å²) in [7, 11) is 0. The second-order valence-electron chi connectivity index (χ2n) is 7.30. The highest BCUT2D eigenvalue weighted by molar-refractivity contribution is 9.10. The van der Waals surface area contributed by atoms with Crippen LogP contribution in [0.15, 0.2) is 58.1 Å². The molecule has 2 aromatic carbocycles. The largest absolute Gasteiger partial charge is 0.298 e. The number of rotatable bonds is 2. The van der Waals surface area contributed by atoms with Crippen LogP contribution in [0.5, 0.6) is 0 Å². The number of anilines is 1. The lowest BCUT2D eigenvalue weighted by Crippen LogP contribution is -2.43. The number of benzene rings is 2. The maximum absolute atomic E-state index is 13.4. The molecule has 28 heavy (non-hydrogen) atoms. The van der Waals surface area contributed by atoms with Gasteiger partial charge in [0.05, 0.1) is 29.8 Å². The number of ketones is 1. The third-order valence-electron chi connectivity index (χ3n) is 5.78. The van der Waals surface area contributed by atoms with Gasteiger partial charge >= 0.3 is 0 Å². The van der Waals surface area contributed by atoms with Gasteiger partial charge in [-0.1, -0.05) is 46.3 Å². The molecular weight excluding hydrogens is 422 g/mol. The van der Waals surface area contributed by atoms with Crippen LogP contribution in [0.25, 0.3) is 0 Å². The first-order chi connectivity index (χ1) is 13.5. The van der Waals surface area contributed by atoms with Gasteiger partial charge in [-0.2, -0.15) is 5.10 Å². The van der Waals surface area contributed by atoms with Crippen molar-refractivity contribution in [2.75, 3.05) is 4.90 Å². The molecule has 2 saturated heterocycles. The summed E-state index contributed by atoms with van der Waals surface area (Å²) in [6.07, 6.45) is 1.70. The van der Waals surface area contributed by atoms with Crippen LogP contribution in [0.3, 0.4) is 0 Å². The van der Waals surface area contributed by atoms with Gasteiger partial charge in [-0.15, -0.1) is 0 Å². The SMILES string of the molecule is CC(=O)C1C2C(=O)N(c3cccc(Br)c3)C(=O)C2C2c3ccccc3C=NN12. The van der Waals surface area contributed by atoms with Gasteiger partial charge in [0.25, 0.3) is 0 Å². The van der Waals surface area contributed by atoms with Crippen LogP contribution in [0.2, 0.25) is 0 Å². The number of hydrogen-bond acceptors (Lipinski definition) is 5. The first kappa shape index (κ1) is 17.3. The highest BCUT2D eigenvalue weighted by Crippen LogP contribution is 2.52. The van der Waals surface area contributed by atoms with E-state index in [9.17, 15) is 14.4 Å². The molecule has 5 rings (SSSR count). The van der Waals surface area contributed by atoms with E-state index in [2.05, 4.69) is 21.0 Å². The van der Waals surface area contributed by atoms with Crippen LogP contribution in [-0.2, 0) is 14.4 Å². The predicted octanol–water partition coefficient (Wildman–Crippen LogP) is 2.92. The number of fused-ring (bicyclic) bond motifs is 5. The molecule has 140 valence electrons. The van der Waals surface area contributed by atoms with Crippen molar-refractivity contribution < 1.29 is 14.4 Å². The van der Waals surface area contributed by atoms with E-state index in [0.29, 0.717) is 5.69 Å². The molecule has 0 aromatic heterocycles. The number of carbonyl (C=O) groups excluding carboxylic acids is 3. The number of carbonyl (C=O) groups is 3. The summed E-state index contributed by atoms with van der Waals surface area (Å²) in [5.41, 5.74) is 2.35. The zero-order valence-electron chi connectivity index (χ0n) is 14.9. The lowest BCUT2D eigenvalue weighted by Gasteiger charge is -2.33. The number of halogens is 1. The molecule has 0 aliphatic carbocycles. The minimum absolute atomic E-state index is 0.161. The number of Topliss-reactive ketones (excluding diaryl/α,β-unsaturated/α-hetero) is 1. The second-order valence-corrected chi connectivity index (χ2v) is 8.21. The standard InChI is InChI=1S/C21H16BrN3O3/c1-11(26)18-16-17(19-15-8-3-2-5-12(15)10-23-25(18)19)21(28)24(20(16)27)14-7-4-6-13(22)9-14/h2-10,16-19H,1H3. The van der Waals surface area contributed by atoms with Crippen molar-refractivity contribution in [2.45, 2.75) is 19.0 Å². The number of hydrazone groups is 1. The second kappa shape index (κ2) is 6.10. The summed E-state index contributed by atoms with van der Waals surface area (Å²) in [5, 5.41) is 6.12. The van der Waals surface area contributed by atoms with Crippen LogP contribution in [0, 0.1) is 11.8 Å². The summed E-state index contributed by atoms with van der Waals surface area (Å²) in [6, 6.07) is 13.6. The Labute approximate surface area is 169 Å². The van der Waals surface area contributed by atoms with E-state index in [1.807, 2.05) is 30.3 Å². The van der Waals surface area contributed by atoms with Gasteiger partial charge in [0.1, 0.15) is 6.04 Å². The molecular formula is C21H16BrN3O3. The Morgan fingerprint density at radius 2 is 1.79 bits per heavy atom. The summed E-state index contributed by atoms with van der Waals surface area (Å²) >= 11 is 3.39. The topological polar surface area (TPSA) is 70.0 Å². The van der Waals surface area contributed by atoms with E-state index < -0.39 is 23.9 Å². The van der Waals surface area contributed by atoms with Crippen LogP contribution in [-0.4, -0.2) is 34.9 Å². The molecule has 0 bridgehead atoms. The molecule has 2 amide bonds. The molecule has 0 spiro atoms. The molecule has 0 radical (unpaired) electrons. The number of hydrogen-bond donors (Lipinski definition) is 0. The number of nitrogens with zero attached hydrogens (tertiary/aromatic N) is 3. The molecule has 3 aliphatic heterocycles. The third-order valence-corrected chi connectivity index (χ3v) is 6.27. The summed E-state index contributed by atoms with van der Waals surface area (Å²) in [6.45, 7) is 1.46. The number of amides is 2. The van der Waals surface area contributed by atoms with Gasteiger partial charge in [-0.05, 0) is 36.2 Å². The highest BCUT2D eigenvalue weighted by Gasteiger charge is 2.64. The fourth-order valence-electron chi connectivity index (χ4n) is 4.69. The van der Waals surface area contributed by atoms with Crippen molar-refractivity contribution >= 4 is 45.4 Å². The van der Waals surface area contributed by atoms with Gasteiger partial charge in [0.15, 0.2) is 5.78 Å². The fourth-order valence-corrected chi connectivity index (χ4v) is 5.08. The van der Waals surface area contributed by atoms with Crippen LogP contribution < -0.4 is 4.90 Å². The van der Waals surface area contributed by atoms with Crippen LogP contribution in [0.4, 0.5) is 5.69 Å². The third kappa shape index (κ3) is 2.26. The molecule has 0 N–H and O–H groups in total. The van der Waals surface area contributed by atoms with Crippen molar-refractivity contribution in [3.63, 3.8) is 0 Å². The molecule has 2 fully saturated rings. The van der Waals surface area contributed by atoms with E-state index in [4.69, 9.17) is 0 Å². The molecule has 3 aliphatic rings. The summed E-state index contributed by atoms with van der Waals surface area (Å²) < 4.78 is 0.778. The molecule has 0 saturated carbocycles. The summed E-state index contributed by atoms with van der Waals surface area (Å²) in [5.74, 6) is -2.16. The van der Waals surface area contributed by atoms with Crippen molar-refractivity contribution in [3.05, 3.63) is 64.1 Å². The number of imide groups is 1. The van der Waals surface area contributed by atoms with Crippen LogP contribution in [0.1, 0.15) is 24.1 Å². The quantitative estimate of drug-likeness (QED) is 0.677. The monoisotopic (exact) mass is 437 g/mol. The molecule has 6 nitrogen and oxygen atoms in total.